The molecule has 3 aromatic rings. The Kier molecular flexibility index (Phi) is 3.76. The summed E-state index contributed by atoms with van der Waals surface area (Å²) in [6, 6.07) is 9.28. The summed E-state index contributed by atoms with van der Waals surface area (Å²) in [5, 5.41) is 9.47. The maximum Gasteiger partial charge on any atom is 0.275 e. The first-order valence-corrected chi connectivity index (χ1v) is 7.21. The number of carbonyl (C=O) groups is 1. The third-order valence-electron chi connectivity index (χ3n) is 2.86. The number of hydrogen-bond donors (Lipinski definition) is 2. The fraction of sp³-hybridized carbons (Fsp3) is 0.0714. The molecule has 0 aliphatic carbocycles. The zero-order valence-corrected chi connectivity index (χ0v) is 11.9. The second-order valence-corrected chi connectivity index (χ2v) is 5.20. The van der Waals surface area contributed by atoms with E-state index in [9.17, 15) is 4.79 Å². The SMILES string of the molecule is NCc1nc(C(=O)Nc2ccccc2-n2cccn2)cs1. The Morgan fingerprint density at radius 1 is 1.33 bits per heavy atom. The van der Waals surface area contributed by atoms with Crippen LogP contribution >= 0.6 is 11.3 Å². The molecular weight excluding hydrogens is 286 g/mol. The molecule has 0 radical (unpaired) electrons. The number of hydrogen-bond acceptors (Lipinski definition) is 5. The van der Waals surface area contributed by atoms with Crippen molar-refractivity contribution in [3.63, 3.8) is 0 Å². The van der Waals surface area contributed by atoms with Crippen molar-refractivity contribution in [1.82, 2.24) is 14.8 Å². The maximum atomic E-state index is 12.2. The van der Waals surface area contributed by atoms with Gasteiger partial charge < -0.3 is 11.1 Å². The van der Waals surface area contributed by atoms with Crippen LogP contribution in [0.4, 0.5) is 5.69 Å². The average molecular weight is 299 g/mol. The minimum atomic E-state index is -0.259. The smallest absolute Gasteiger partial charge is 0.275 e. The Labute approximate surface area is 125 Å². The van der Waals surface area contributed by atoms with Gasteiger partial charge in [0, 0.05) is 24.3 Å². The van der Waals surface area contributed by atoms with Crippen molar-refractivity contribution in [2.75, 3.05) is 5.32 Å². The lowest BCUT2D eigenvalue weighted by Gasteiger charge is -2.10. The first-order chi connectivity index (χ1) is 10.3. The van der Waals surface area contributed by atoms with Gasteiger partial charge in [0.15, 0.2) is 0 Å². The molecule has 0 spiro atoms. The monoisotopic (exact) mass is 299 g/mol. The van der Waals surface area contributed by atoms with Gasteiger partial charge >= 0.3 is 0 Å². The van der Waals surface area contributed by atoms with E-state index in [0.717, 1.165) is 10.7 Å². The quantitative estimate of drug-likeness (QED) is 0.772. The summed E-state index contributed by atoms with van der Waals surface area (Å²) in [7, 11) is 0. The van der Waals surface area contributed by atoms with Crippen LogP contribution in [-0.4, -0.2) is 20.7 Å². The Balaban J connectivity index is 1.86. The van der Waals surface area contributed by atoms with Gasteiger partial charge in [-0.05, 0) is 18.2 Å². The summed E-state index contributed by atoms with van der Waals surface area (Å²) in [5.41, 5.74) is 7.35. The molecule has 3 N–H and O–H groups in total. The van der Waals surface area contributed by atoms with Crippen LogP contribution in [0.15, 0.2) is 48.1 Å². The van der Waals surface area contributed by atoms with Crippen molar-refractivity contribution >= 4 is 22.9 Å². The van der Waals surface area contributed by atoms with Crippen LogP contribution in [0.3, 0.4) is 0 Å². The first kappa shape index (κ1) is 13.5. The van der Waals surface area contributed by atoms with E-state index in [2.05, 4.69) is 15.4 Å². The van der Waals surface area contributed by atoms with Gasteiger partial charge in [-0.3, -0.25) is 4.79 Å². The van der Waals surface area contributed by atoms with Crippen molar-refractivity contribution in [2.24, 2.45) is 5.73 Å². The van der Waals surface area contributed by atoms with Crippen LogP contribution < -0.4 is 11.1 Å². The lowest BCUT2D eigenvalue weighted by atomic mass is 10.2. The number of nitrogens with zero attached hydrogens (tertiary/aromatic N) is 3. The van der Waals surface area contributed by atoms with Crippen LogP contribution in [0.5, 0.6) is 0 Å². The average Bonchev–Trinajstić information content (AvgIpc) is 3.19. The molecule has 0 atom stereocenters. The van der Waals surface area contributed by atoms with Gasteiger partial charge in [0.1, 0.15) is 10.7 Å². The van der Waals surface area contributed by atoms with E-state index in [-0.39, 0.29) is 5.91 Å². The molecule has 106 valence electrons. The summed E-state index contributed by atoms with van der Waals surface area (Å²) in [4.78, 5) is 16.4. The highest BCUT2D eigenvalue weighted by Crippen LogP contribution is 2.20. The van der Waals surface area contributed by atoms with Gasteiger partial charge in [-0.2, -0.15) is 5.10 Å². The molecule has 2 heterocycles. The van der Waals surface area contributed by atoms with E-state index in [1.165, 1.54) is 11.3 Å². The Morgan fingerprint density at radius 2 is 2.19 bits per heavy atom. The van der Waals surface area contributed by atoms with Gasteiger partial charge in [0.05, 0.1) is 11.4 Å². The number of rotatable bonds is 4. The molecule has 21 heavy (non-hydrogen) atoms. The zero-order chi connectivity index (χ0) is 14.7. The fourth-order valence-corrected chi connectivity index (χ4v) is 2.54. The molecule has 7 heteroatoms. The molecule has 2 aromatic heterocycles. The number of thiazole rings is 1. The van der Waals surface area contributed by atoms with Gasteiger partial charge in [0.25, 0.3) is 5.91 Å². The van der Waals surface area contributed by atoms with Crippen molar-refractivity contribution in [3.05, 3.63) is 58.8 Å². The molecule has 0 saturated carbocycles. The highest BCUT2D eigenvalue weighted by Gasteiger charge is 2.13. The van der Waals surface area contributed by atoms with E-state index in [1.807, 2.05) is 36.5 Å². The molecule has 0 bridgehead atoms. The van der Waals surface area contributed by atoms with E-state index < -0.39 is 0 Å². The molecule has 1 amide bonds. The summed E-state index contributed by atoms with van der Waals surface area (Å²) >= 11 is 1.38. The topological polar surface area (TPSA) is 85.8 Å². The number of para-hydroxylation sites is 2. The molecule has 0 aliphatic rings. The second-order valence-electron chi connectivity index (χ2n) is 4.25. The number of aromatic nitrogens is 3. The Morgan fingerprint density at radius 3 is 2.90 bits per heavy atom. The number of nitrogens with one attached hydrogen (secondary N) is 1. The maximum absolute atomic E-state index is 12.2. The van der Waals surface area contributed by atoms with E-state index in [1.54, 1.807) is 16.3 Å². The molecular formula is C14H13N5OS. The van der Waals surface area contributed by atoms with Gasteiger partial charge in [0.2, 0.25) is 0 Å². The van der Waals surface area contributed by atoms with Crippen LogP contribution in [-0.2, 0) is 6.54 Å². The highest BCUT2D eigenvalue weighted by atomic mass is 32.1. The van der Waals surface area contributed by atoms with Crippen LogP contribution in [0.2, 0.25) is 0 Å². The summed E-state index contributed by atoms with van der Waals surface area (Å²) in [5.74, 6) is -0.259. The fourth-order valence-electron chi connectivity index (χ4n) is 1.89. The standard InChI is InChI=1S/C14H13N5OS/c15-8-13-17-11(9-21-13)14(20)18-10-4-1-2-5-12(10)19-7-3-6-16-19/h1-7,9H,8,15H2,(H,18,20). The first-order valence-electron chi connectivity index (χ1n) is 6.33. The lowest BCUT2D eigenvalue weighted by molar-refractivity contribution is 0.102. The Hall–Kier alpha value is -2.51. The summed E-state index contributed by atoms with van der Waals surface area (Å²) < 4.78 is 1.70. The van der Waals surface area contributed by atoms with Crippen LogP contribution in [0.25, 0.3) is 5.69 Å². The number of anilines is 1. The van der Waals surface area contributed by atoms with Gasteiger partial charge in [-0.15, -0.1) is 11.3 Å². The molecule has 3 rings (SSSR count). The van der Waals surface area contributed by atoms with Gasteiger partial charge in [-0.25, -0.2) is 9.67 Å². The molecule has 6 nitrogen and oxygen atoms in total. The number of benzene rings is 1. The number of carbonyl (C=O) groups excluding carboxylic acids is 1. The van der Waals surface area contributed by atoms with Crippen molar-refractivity contribution < 1.29 is 4.79 Å². The van der Waals surface area contributed by atoms with E-state index in [4.69, 9.17) is 5.73 Å². The van der Waals surface area contributed by atoms with Gasteiger partial charge in [-0.1, -0.05) is 12.1 Å². The van der Waals surface area contributed by atoms with Crippen molar-refractivity contribution in [2.45, 2.75) is 6.54 Å². The molecule has 0 saturated heterocycles. The second kappa shape index (κ2) is 5.86. The van der Waals surface area contributed by atoms with Crippen molar-refractivity contribution in [3.8, 4) is 5.69 Å². The highest BCUT2D eigenvalue weighted by molar-refractivity contribution is 7.09. The molecule has 0 unspecified atom stereocenters. The zero-order valence-electron chi connectivity index (χ0n) is 11.1. The molecule has 0 aliphatic heterocycles. The molecule has 1 aromatic carbocycles. The van der Waals surface area contributed by atoms with Crippen LogP contribution in [0, 0.1) is 0 Å². The predicted molar refractivity (Wildman–Crippen MR) is 81.5 cm³/mol. The largest absolute Gasteiger partial charge is 0.325 e. The van der Waals surface area contributed by atoms with Crippen molar-refractivity contribution in [1.29, 1.82) is 0 Å². The van der Waals surface area contributed by atoms with E-state index in [0.29, 0.717) is 17.9 Å². The number of amides is 1. The molecule has 0 fully saturated rings. The summed E-state index contributed by atoms with van der Waals surface area (Å²) in [6.45, 7) is 0.335. The third kappa shape index (κ3) is 2.83. The normalized spacial score (nSPS) is 10.5. The third-order valence-corrected chi connectivity index (χ3v) is 3.73. The van der Waals surface area contributed by atoms with E-state index >= 15 is 0 Å². The predicted octanol–water partition coefficient (Wildman–Crippen LogP) is 2.04. The summed E-state index contributed by atoms with van der Waals surface area (Å²) in [6.07, 6.45) is 3.51. The lowest BCUT2D eigenvalue weighted by Crippen LogP contribution is -2.14. The minimum absolute atomic E-state index is 0.259. The number of nitrogens with two attached hydrogens (primary N) is 1. The van der Waals surface area contributed by atoms with Crippen LogP contribution in [0.1, 0.15) is 15.5 Å². The minimum Gasteiger partial charge on any atom is -0.325 e. The Bertz CT molecular complexity index is 750.